The highest BCUT2D eigenvalue weighted by atomic mass is 16.4. The van der Waals surface area contributed by atoms with E-state index in [2.05, 4.69) is 5.18 Å². The van der Waals surface area contributed by atoms with Crippen LogP contribution in [0.5, 0.6) is 0 Å². The first-order valence-corrected chi connectivity index (χ1v) is 4.32. The molecule has 2 aromatic rings. The molecule has 0 aliphatic heterocycles. The molecule has 15 heavy (non-hydrogen) atoms. The number of carboxylic acid groups (broad SMARTS) is 1. The molecule has 74 valence electrons. The van der Waals surface area contributed by atoms with E-state index < -0.39 is 5.97 Å². The summed E-state index contributed by atoms with van der Waals surface area (Å²) in [6, 6.07) is 10.1. The topological polar surface area (TPSA) is 66.7 Å². The van der Waals surface area contributed by atoms with E-state index in [0.29, 0.717) is 5.39 Å². The first kappa shape index (κ1) is 9.33. The summed E-state index contributed by atoms with van der Waals surface area (Å²) in [7, 11) is 0. The standard InChI is InChI=1S/C11H7NO3/c13-11(14)9-6-5-7-3-1-2-4-8(7)10(9)12-15/h1-6H,(H,13,14). The van der Waals surface area contributed by atoms with Gasteiger partial charge in [0.15, 0.2) is 0 Å². The first-order valence-electron chi connectivity index (χ1n) is 4.32. The normalized spacial score (nSPS) is 10.1. The lowest BCUT2D eigenvalue weighted by Gasteiger charge is -2.02. The highest BCUT2D eigenvalue weighted by Gasteiger charge is 2.13. The monoisotopic (exact) mass is 201 g/mol. The van der Waals surface area contributed by atoms with E-state index in [0.717, 1.165) is 5.39 Å². The fourth-order valence-electron chi connectivity index (χ4n) is 1.53. The zero-order valence-corrected chi connectivity index (χ0v) is 7.68. The van der Waals surface area contributed by atoms with Crippen molar-refractivity contribution >= 4 is 22.4 Å². The molecule has 0 heterocycles. The van der Waals surface area contributed by atoms with Gasteiger partial charge in [-0.05, 0) is 16.6 Å². The molecule has 0 bridgehead atoms. The van der Waals surface area contributed by atoms with Gasteiger partial charge in [-0.1, -0.05) is 30.3 Å². The van der Waals surface area contributed by atoms with Crippen molar-refractivity contribution in [2.75, 3.05) is 0 Å². The average molecular weight is 201 g/mol. The predicted octanol–water partition coefficient (Wildman–Crippen LogP) is 2.94. The quantitative estimate of drug-likeness (QED) is 0.759. The van der Waals surface area contributed by atoms with E-state index in [-0.39, 0.29) is 11.3 Å². The number of benzene rings is 2. The Kier molecular flexibility index (Phi) is 2.17. The van der Waals surface area contributed by atoms with Crippen LogP contribution in [0, 0.1) is 4.91 Å². The number of nitrogens with zero attached hydrogens (tertiary/aromatic N) is 1. The Morgan fingerprint density at radius 1 is 1.13 bits per heavy atom. The molecule has 0 aliphatic rings. The van der Waals surface area contributed by atoms with Crippen LogP contribution in [-0.4, -0.2) is 11.1 Å². The summed E-state index contributed by atoms with van der Waals surface area (Å²) in [6.07, 6.45) is 0. The van der Waals surface area contributed by atoms with E-state index in [1.807, 2.05) is 6.07 Å². The van der Waals surface area contributed by atoms with E-state index in [9.17, 15) is 9.70 Å². The van der Waals surface area contributed by atoms with Gasteiger partial charge in [0.25, 0.3) is 0 Å². The van der Waals surface area contributed by atoms with E-state index in [1.165, 1.54) is 6.07 Å². The van der Waals surface area contributed by atoms with Gasteiger partial charge in [-0.15, -0.1) is 4.91 Å². The minimum Gasteiger partial charge on any atom is -0.478 e. The Morgan fingerprint density at radius 3 is 2.53 bits per heavy atom. The molecule has 0 saturated heterocycles. The van der Waals surface area contributed by atoms with Gasteiger partial charge >= 0.3 is 5.97 Å². The summed E-state index contributed by atoms with van der Waals surface area (Å²) in [6.45, 7) is 0. The van der Waals surface area contributed by atoms with Crippen molar-refractivity contribution in [3.05, 3.63) is 46.9 Å². The van der Waals surface area contributed by atoms with Crippen molar-refractivity contribution in [3.8, 4) is 0 Å². The van der Waals surface area contributed by atoms with Crippen LogP contribution in [0.3, 0.4) is 0 Å². The SMILES string of the molecule is O=Nc1c(C(=O)O)ccc2ccccc12. The molecule has 2 aromatic carbocycles. The second kappa shape index (κ2) is 3.49. The molecule has 0 amide bonds. The second-order valence-electron chi connectivity index (χ2n) is 3.08. The maximum Gasteiger partial charge on any atom is 0.338 e. The van der Waals surface area contributed by atoms with Gasteiger partial charge < -0.3 is 5.11 Å². The van der Waals surface area contributed by atoms with Gasteiger partial charge in [0.2, 0.25) is 0 Å². The zero-order valence-electron chi connectivity index (χ0n) is 7.68. The van der Waals surface area contributed by atoms with Crippen LogP contribution >= 0.6 is 0 Å². The van der Waals surface area contributed by atoms with Gasteiger partial charge in [0, 0.05) is 5.39 Å². The molecule has 4 nitrogen and oxygen atoms in total. The highest BCUT2D eigenvalue weighted by molar-refractivity contribution is 6.04. The molecular formula is C11H7NO3. The number of aromatic carboxylic acids is 1. The van der Waals surface area contributed by atoms with Crippen LogP contribution in [0.25, 0.3) is 10.8 Å². The molecule has 2 rings (SSSR count). The van der Waals surface area contributed by atoms with Gasteiger partial charge in [-0.2, -0.15) is 0 Å². The molecule has 0 radical (unpaired) electrons. The summed E-state index contributed by atoms with van der Waals surface area (Å²) >= 11 is 0. The number of carbonyl (C=O) groups is 1. The maximum atomic E-state index is 10.8. The van der Waals surface area contributed by atoms with Crippen LogP contribution in [0.1, 0.15) is 10.4 Å². The van der Waals surface area contributed by atoms with Crippen LogP contribution in [0.2, 0.25) is 0 Å². The lowest BCUT2D eigenvalue weighted by Crippen LogP contribution is -1.96. The number of hydrogen-bond donors (Lipinski definition) is 1. The molecule has 0 aromatic heterocycles. The van der Waals surface area contributed by atoms with Crippen LogP contribution in [0.4, 0.5) is 5.69 Å². The average Bonchev–Trinajstić information content (AvgIpc) is 2.27. The lowest BCUT2D eigenvalue weighted by molar-refractivity contribution is 0.0698. The predicted molar refractivity (Wildman–Crippen MR) is 56.4 cm³/mol. The first-order chi connectivity index (χ1) is 7.24. The number of nitroso groups, excluding NO2 is 1. The minimum atomic E-state index is -1.14. The van der Waals surface area contributed by atoms with Crippen molar-refractivity contribution in [1.82, 2.24) is 0 Å². The van der Waals surface area contributed by atoms with Crippen molar-refractivity contribution in [2.24, 2.45) is 5.18 Å². The second-order valence-corrected chi connectivity index (χ2v) is 3.08. The van der Waals surface area contributed by atoms with Gasteiger partial charge in [-0.3, -0.25) is 0 Å². The maximum absolute atomic E-state index is 10.8. The Balaban J connectivity index is 2.87. The van der Waals surface area contributed by atoms with Gasteiger partial charge in [0.05, 0.1) is 5.56 Å². The summed E-state index contributed by atoms with van der Waals surface area (Å²) < 4.78 is 0. The minimum absolute atomic E-state index is 0.0133. The molecular weight excluding hydrogens is 194 g/mol. The molecule has 0 spiro atoms. The molecule has 0 atom stereocenters. The molecule has 1 N–H and O–H groups in total. The third-order valence-corrected chi connectivity index (χ3v) is 2.22. The molecule has 4 heteroatoms. The Hall–Kier alpha value is -2.23. The number of rotatable bonds is 2. The van der Waals surface area contributed by atoms with Crippen molar-refractivity contribution in [2.45, 2.75) is 0 Å². The smallest absolute Gasteiger partial charge is 0.338 e. The number of carboxylic acids is 1. The Morgan fingerprint density at radius 2 is 1.87 bits per heavy atom. The van der Waals surface area contributed by atoms with Crippen LogP contribution in [-0.2, 0) is 0 Å². The Bertz CT molecular complexity index is 549. The summed E-state index contributed by atoms with van der Waals surface area (Å²) in [4.78, 5) is 21.5. The molecule has 0 aliphatic carbocycles. The van der Waals surface area contributed by atoms with Crippen molar-refractivity contribution < 1.29 is 9.90 Å². The number of fused-ring (bicyclic) bond motifs is 1. The highest BCUT2D eigenvalue weighted by Crippen LogP contribution is 2.29. The third-order valence-electron chi connectivity index (χ3n) is 2.22. The fourth-order valence-corrected chi connectivity index (χ4v) is 1.53. The van der Waals surface area contributed by atoms with E-state index in [4.69, 9.17) is 5.11 Å². The van der Waals surface area contributed by atoms with Gasteiger partial charge in [-0.25, -0.2) is 4.79 Å². The largest absolute Gasteiger partial charge is 0.478 e. The van der Waals surface area contributed by atoms with Gasteiger partial charge in [0.1, 0.15) is 5.69 Å². The molecule has 0 unspecified atom stereocenters. The lowest BCUT2D eigenvalue weighted by atomic mass is 10.0. The Labute approximate surface area is 85.1 Å². The van der Waals surface area contributed by atoms with Crippen LogP contribution < -0.4 is 0 Å². The molecule has 0 fully saturated rings. The summed E-state index contributed by atoms with van der Waals surface area (Å²) in [5, 5.41) is 13.0. The molecule has 0 saturated carbocycles. The summed E-state index contributed by atoms with van der Waals surface area (Å²) in [5.41, 5.74) is -0.0794. The van der Waals surface area contributed by atoms with Crippen LogP contribution in [0.15, 0.2) is 41.6 Å². The third kappa shape index (κ3) is 1.46. The fraction of sp³-hybridized carbons (Fsp3) is 0. The summed E-state index contributed by atoms with van der Waals surface area (Å²) in [5.74, 6) is -1.14. The zero-order chi connectivity index (χ0) is 10.8. The van der Waals surface area contributed by atoms with Crippen molar-refractivity contribution in [1.29, 1.82) is 0 Å². The number of hydrogen-bond acceptors (Lipinski definition) is 3. The van der Waals surface area contributed by atoms with Crippen molar-refractivity contribution in [3.63, 3.8) is 0 Å². The van der Waals surface area contributed by atoms with E-state index in [1.54, 1.807) is 24.3 Å². The van der Waals surface area contributed by atoms with E-state index >= 15 is 0 Å².